The molecule has 2 fully saturated rings. The number of fused-ring (bicyclic) bond motifs is 1. The largest absolute Gasteiger partial charge is 0.380 e. The fourth-order valence-corrected chi connectivity index (χ4v) is 5.35. The Balaban J connectivity index is 1.42. The van der Waals surface area contributed by atoms with E-state index in [1.54, 1.807) is 0 Å². The number of carbonyl (C=O) groups excluding carboxylic acids is 1. The van der Waals surface area contributed by atoms with Gasteiger partial charge in [0.15, 0.2) is 0 Å². The zero-order valence-corrected chi connectivity index (χ0v) is 19.1. The van der Waals surface area contributed by atoms with Crippen molar-refractivity contribution < 1.29 is 9.90 Å². The maximum atomic E-state index is 12.1. The lowest BCUT2D eigenvalue weighted by Gasteiger charge is -2.40. The van der Waals surface area contributed by atoms with E-state index >= 15 is 0 Å². The molecule has 2 saturated carbocycles. The van der Waals surface area contributed by atoms with Crippen molar-refractivity contribution in [3.8, 4) is 0 Å². The average molecular weight is 433 g/mol. The van der Waals surface area contributed by atoms with E-state index in [-0.39, 0.29) is 5.91 Å². The lowest BCUT2D eigenvalue weighted by molar-refractivity contribution is -0.125. The average Bonchev–Trinajstić information content (AvgIpc) is 3.38. The summed E-state index contributed by atoms with van der Waals surface area (Å²) in [6.07, 6.45) is 4.59. The van der Waals surface area contributed by atoms with Crippen molar-refractivity contribution in [3.05, 3.63) is 48.5 Å². The number of nitrogens with zero attached hydrogens (tertiary/aromatic N) is 2. The number of nitrogens with one attached hydrogen (secondary N) is 2. The van der Waals surface area contributed by atoms with E-state index in [0.29, 0.717) is 35.9 Å². The lowest BCUT2D eigenvalue weighted by Crippen LogP contribution is -2.29. The van der Waals surface area contributed by atoms with Crippen molar-refractivity contribution in [2.45, 2.75) is 64.5 Å². The number of para-hydroxylation sites is 2. The molecular weight excluding hydrogens is 400 g/mol. The maximum Gasteiger partial charge on any atom is 0.256 e. The summed E-state index contributed by atoms with van der Waals surface area (Å²) in [5.74, 6) is 1.20. The molecule has 2 aliphatic rings. The molecule has 0 bridgehead atoms. The molecule has 2 atom stereocenters. The molecule has 2 aromatic carbocycles. The quantitative estimate of drug-likeness (QED) is 0.488. The molecule has 2 aliphatic carbocycles. The first-order valence-electron chi connectivity index (χ1n) is 11.6. The minimum atomic E-state index is -1.17. The normalized spacial score (nSPS) is 23.6. The van der Waals surface area contributed by atoms with Gasteiger partial charge in [0.2, 0.25) is 5.95 Å². The monoisotopic (exact) mass is 432 g/mol. The van der Waals surface area contributed by atoms with E-state index in [1.165, 1.54) is 6.42 Å². The van der Waals surface area contributed by atoms with Crippen LogP contribution in [0.2, 0.25) is 0 Å². The zero-order valence-electron chi connectivity index (χ0n) is 19.1. The fraction of sp³-hybridized carbons (Fsp3) is 0.462. The molecule has 0 saturated heterocycles. The van der Waals surface area contributed by atoms with Gasteiger partial charge in [-0.25, -0.2) is 4.98 Å². The topological polar surface area (TPSA) is 79.2 Å². The van der Waals surface area contributed by atoms with Crippen molar-refractivity contribution in [1.82, 2.24) is 9.55 Å². The van der Waals surface area contributed by atoms with Crippen LogP contribution < -0.4 is 10.6 Å². The van der Waals surface area contributed by atoms with E-state index in [0.717, 1.165) is 35.5 Å². The van der Waals surface area contributed by atoms with Crippen LogP contribution in [0.5, 0.6) is 0 Å². The van der Waals surface area contributed by atoms with Crippen LogP contribution in [-0.4, -0.2) is 26.2 Å². The third-order valence-electron chi connectivity index (χ3n) is 6.87. The SMILES string of the molecule is CC1CC(n2c(Nc3ccc(NC(=O)C4(O)CC4)cc3)nc3ccccc32)CC(C)(C)C1. The van der Waals surface area contributed by atoms with Gasteiger partial charge < -0.3 is 20.3 Å². The summed E-state index contributed by atoms with van der Waals surface area (Å²) in [5, 5.41) is 16.3. The first kappa shape index (κ1) is 21.0. The molecule has 2 unspecified atom stereocenters. The standard InChI is InChI=1S/C26H32N4O2/c1-17-14-20(16-25(2,3)15-17)30-22-7-5-4-6-21(22)29-24(30)28-19-10-8-18(9-11-19)27-23(31)26(32)12-13-26/h4-11,17,20,32H,12-16H2,1-3H3,(H,27,31)(H,28,29). The molecule has 0 aliphatic heterocycles. The van der Waals surface area contributed by atoms with Gasteiger partial charge >= 0.3 is 0 Å². The van der Waals surface area contributed by atoms with Crippen LogP contribution >= 0.6 is 0 Å². The van der Waals surface area contributed by atoms with Crippen LogP contribution in [0.25, 0.3) is 11.0 Å². The van der Waals surface area contributed by atoms with E-state index in [9.17, 15) is 9.90 Å². The Hall–Kier alpha value is -2.86. The number of rotatable bonds is 5. The molecule has 1 aromatic heterocycles. The van der Waals surface area contributed by atoms with Gasteiger partial charge in [-0.2, -0.15) is 0 Å². The number of imidazole rings is 1. The Morgan fingerprint density at radius 2 is 1.75 bits per heavy atom. The van der Waals surface area contributed by atoms with Crippen molar-refractivity contribution >= 4 is 34.3 Å². The summed E-state index contributed by atoms with van der Waals surface area (Å²) in [7, 11) is 0. The van der Waals surface area contributed by atoms with Gasteiger partial charge in [-0.05, 0) is 79.8 Å². The number of aromatic nitrogens is 2. The number of amides is 1. The van der Waals surface area contributed by atoms with Gasteiger partial charge in [-0.15, -0.1) is 0 Å². The Morgan fingerprint density at radius 3 is 2.44 bits per heavy atom. The van der Waals surface area contributed by atoms with Gasteiger partial charge in [0.1, 0.15) is 5.60 Å². The van der Waals surface area contributed by atoms with E-state index in [2.05, 4.69) is 54.2 Å². The van der Waals surface area contributed by atoms with Gasteiger partial charge in [0.25, 0.3) is 5.91 Å². The molecule has 1 amide bonds. The third-order valence-corrected chi connectivity index (χ3v) is 6.87. The number of aliphatic hydroxyl groups is 1. The molecule has 5 rings (SSSR count). The van der Waals surface area contributed by atoms with Crippen molar-refractivity contribution in [2.75, 3.05) is 10.6 Å². The Bertz CT molecular complexity index is 1140. The second kappa shape index (κ2) is 7.62. The third kappa shape index (κ3) is 4.11. The summed E-state index contributed by atoms with van der Waals surface area (Å²) in [6.45, 7) is 7.09. The molecule has 0 spiro atoms. The van der Waals surface area contributed by atoms with Gasteiger partial charge in [0, 0.05) is 17.4 Å². The van der Waals surface area contributed by atoms with Gasteiger partial charge in [0.05, 0.1) is 11.0 Å². The van der Waals surface area contributed by atoms with E-state index in [4.69, 9.17) is 4.98 Å². The van der Waals surface area contributed by atoms with Crippen LogP contribution in [0.3, 0.4) is 0 Å². The molecular formula is C26H32N4O2. The minimum Gasteiger partial charge on any atom is -0.380 e. The minimum absolute atomic E-state index is 0.302. The molecule has 0 radical (unpaired) electrons. The van der Waals surface area contributed by atoms with Crippen LogP contribution in [0.4, 0.5) is 17.3 Å². The highest BCUT2D eigenvalue weighted by atomic mass is 16.3. The Kier molecular flexibility index (Phi) is 5.01. The maximum absolute atomic E-state index is 12.1. The first-order valence-corrected chi connectivity index (χ1v) is 11.6. The molecule has 32 heavy (non-hydrogen) atoms. The predicted octanol–water partition coefficient (Wildman–Crippen LogP) is 5.63. The molecule has 1 heterocycles. The Morgan fingerprint density at radius 1 is 1.06 bits per heavy atom. The second-order valence-electron chi connectivity index (χ2n) is 10.5. The lowest BCUT2D eigenvalue weighted by atomic mass is 9.70. The summed E-state index contributed by atoms with van der Waals surface area (Å²) >= 11 is 0. The van der Waals surface area contributed by atoms with Crippen LogP contribution in [0.15, 0.2) is 48.5 Å². The number of carbonyl (C=O) groups is 1. The van der Waals surface area contributed by atoms with Gasteiger partial charge in [-0.1, -0.05) is 32.9 Å². The summed E-state index contributed by atoms with van der Waals surface area (Å²) < 4.78 is 2.38. The number of hydrogen-bond acceptors (Lipinski definition) is 4. The molecule has 3 N–H and O–H groups in total. The van der Waals surface area contributed by atoms with Crippen LogP contribution in [0, 0.1) is 11.3 Å². The number of hydrogen-bond donors (Lipinski definition) is 3. The predicted molar refractivity (Wildman–Crippen MR) is 128 cm³/mol. The Labute approximate surface area is 189 Å². The number of benzene rings is 2. The highest BCUT2D eigenvalue weighted by Gasteiger charge is 2.48. The van der Waals surface area contributed by atoms with Gasteiger partial charge in [-0.3, -0.25) is 4.79 Å². The first-order chi connectivity index (χ1) is 15.2. The molecule has 168 valence electrons. The summed E-state index contributed by atoms with van der Waals surface area (Å²) in [6, 6.07) is 16.3. The van der Waals surface area contributed by atoms with Crippen molar-refractivity contribution in [2.24, 2.45) is 11.3 Å². The van der Waals surface area contributed by atoms with Crippen molar-refractivity contribution in [3.63, 3.8) is 0 Å². The van der Waals surface area contributed by atoms with E-state index < -0.39 is 5.60 Å². The smallest absolute Gasteiger partial charge is 0.256 e. The highest BCUT2D eigenvalue weighted by Crippen LogP contribution is 2.46. The van der Waals surface area contributed by atoms with Crippen LogP contribution in [0.1, 0.15) is 58.9 Å². The second-order valence-corrected chi connectivity index (χ2v) is 10.5. The van der Waals surface area contributed by atoms with Crippen molar-refractivity contribution in [1.29, 1.82) is 0 Å². The highest BCUT2D eigenvalue weighted by molar-refractivity contribution is 5.99. The van der Waals surface area contributed by atoms with E-state index in [1.807, 2.05) is 30.3 Å². The fourth-order valence-electron chi connectivity index (χ4n) is 5.35. The van der Waals surface area contributed by atoms with Crippen LogP contribution in [-0.2, 0) is 4.79 Å². The summed E-state index contributed by atoms with van der Waals surface area (Å²) in [5.41, 5.74) is 2.87. The number of anilines is 3. The zero-order chi connectivity index (χ0) is 22.5. The molecule has 3 aromatic rings. The summed E-state index contributed by atoms with van der Waals surface area (Å²) in [4.78, 5) is 17.0. The molecule has 6 nitrogen and oxygen atoms in total. The molecule has 6 heteroatoms.